The molecule has 346 valence electrons. The minimum absolute atomic E-state index is 0. The van der Waals surface area contributed by atoms with Crippen molar-refractivity contribution in [3.8, 4) is 0 Å². The van der Waals surface area contributed by atoms with Gasteiger partial charge >= 0.3 is 66.4 Å². The van der Waals surface area contributed by atoms with E-state index in [1.54, 1.807) is 0 Å². The van der Waals surface area contributed by atoms with Gasteiger partial charge in [0.05, 0.1) is 8.58 Å². The molecule has 0 rings (SSSR count). The van der Waals surface area contributed by atoms with Gasteiger partial charge < -0.3 is 0 Å². The van der Waals surface area contributed by atoms with Gasteiger partial charge in [0.15, 0.2) is 5.83 Å². The number of allylic oxidation sites excluding steroid dienone is 5. The largest absolute Gasteiger partial charge is 0.460 e. The first kappa shape index (κ1) is 74.9. The molecule has 56 heavy (non-hydrogen) atoms. The fourth-order valence-corrected chi connectivity index (χ4v) is 1.14. The van der Waals surface area contributed by atoms with Crippen molar-refractivity contribution in [3.05, 3.63) is 47.4 Å². The topological polar surface area (TPSA) is 0 Å². The molecule has 0 aromatic rings. The zero-order valence-corrected chi connectivity index (χ0v) is 29.5. The van der Waals surface area contributed by atoms with Crippen LogP contribution in [0.1, 0.15) is 35.1 Å². The molecule has 0 aromatic carbocycles. The Balaban J connectivity index is -0.0000000703. The van der Waals surface area contributed by atoms with Crippen LogP contribution >= 0.6 is 27.4 Å². The molecule has 0 nitrogen and oxygen atoms in total. The summed E-state index contributed by atoms with van der Waals surface area (Å²) in [5.74, 6) is -42.2. The van der Waals surface area contributed by atoms with Crippen molar-refractivity contribution in [1.29, 1.82) is 0 Å². The van der Waals surface area contributed by atoms with Crippen molar-refractivity contribution < 1.29 is 141 Å². The predicted molar refractivity (Wildman–Crippen MR) is 145 cm³/mol. The van der Waals surface area contributed by atoms with E-state index in [1.165, 1.54) is 0 Å². The van der Waals surface area contributed by atoms with Crippen molar-refractivity contribution in [2.24, 2.45) is 0 Å². The molecule has 35 heteroatoms. The lowest BCUT2D eigenvalue weighted by molar-refractivity contribution is -0.393. The van der Waals surface area contributed by atoms with E-state index in [1.807, 2.05) is 8.93 Å². The van der Waals surface area contributed by atoms with Crippen LogP contribution in [-0.2, 0) is 0 Å². The molecule has 0 saturated heterocycles. The van der Waals surface area contributed by atoms with E-state index >= 15 is 0 Å². The summed E-state index contributed by atoms with van der Waals surface area (Å²) in [7, 11) is 1.44. The highest BCUT2D eigenvalue weighted by atomic mass is 32.0. The Bertz CT molecular complexity index is 1060. The zero-order chi connectivity index (χ0) is 45.3. The summed E-state index contributed by atoms with van der Waals surface area (Å²) in [5.41, 5.74) is 0. The van der Waals surface area contributed by atoms with Gasteiger partial charge in [-0.3, -0.25) is 4.70 Å². The maximum Gasteiger partial charge on any atom is 0.460 e. The van der Waals surface area contributed by atoms with Gasteiger partial charge in [-0.05, 0) is 20.8 Å². The number of alkyl halides is 19. The number of hydrogen-bond donors (Lipinski definition) is 0. The molecular weight excluding hydrogens is 953 g/mol. The first-order chi connectivity index (χ1) is 22.7. The highest BCUT2D eigenvalue weighted by Crippen LogP contribution is 2.52. The van der Waals surface area contributed by atoms with Crippen molar-refractivity contribution in [3.63, 3.8) is 0 Å². The maximum absolute atomic E-state index is 12.0. The molecule has 0 fully saturated rings. The molecule has 0 aliphatic heterocycles. The molecule has 0 aromatic heterocycles. The normalized spacial score (nSPS) is 13.1. The SMILES string of the molecule is C.C/C(F)=C(\F)C(F)(F)C(F)(F)F.C/C(F)=C(\F)C(F)(F)C(F)(F)F.CC(F)(F)C(F)(F)C(F)(F)C(F)(F)F.CC(F)=C(F)F.F.FC(F)=C(F)F.FPP.P. The summed E-state index contributed by atoms with van der Waals surface area (Å²) >= 11 is 0. The predicted octanol–water partition coefficient (Wildman–Crippen LogP) is 16.4. The van der Waals surface area contributed by atoms with E-state index in [2.05, 4.69) is 0 Å². The Labute approximate surface area is 299 Å². The van der Waals surface area contributed by atoms with Gasteiger partial charge in [0.25, 0.3) is 0 Å². The lowest BCUT2D eigenvalue weighted by Crippen LogP contribution is -2.59. The van der Waals surface area contributed by atoms with Gasteiger partial charge in [0, 0.05) is 6.92 Å². The highest BCUT2D eigenvalue weighted by Gasteiger charge is 2.80. The van der Waals surface area contributed by atoms with E-state index in [4.69, 9.17) is 0 Å². The summed E-state index contributed by atoms with van der Waals surface area (Å²) in [4.78, 5) is 0. The van der Waals surface area contributed by atoms with E-state index in [9.17, 15) is 136 Å². The molecule has 3 unspecified atom stereocenters. The second kappa shape index (κ2) is 28.4. The number of rotatable bonds is 4. The zero-order valence-electron chi connectivity index (χ0n) is 25.9. The van der Waals surface area contributed by atoms with Crippen LogP contribution < -0.4 is 0 Å². The third-order valence-corrected chi connectivity index (χ3v) is 3.57. The average Bonchev–Trinajstić information content (AvgIpc) is 2.91. The van der Waals surface area contributed by atoms with Crippen LogP contribution in [0.3, 0.4) is 0 Å². The third-order valence-electron chi connectivity index (χ3n) is 3.57. The van der Waals surface area contributed by atoms with Crippen LogP contribution in [0.25, 0.3) is 0 Å². The minimum atomic E-state index is -6.77. The first-order valence-corrected chi connectivity index (χ1v) is 13.6. The Morgan fingerprint density at radius 2 is 0.589 bits per heavy atom. The summed E-state index contributed by atoms with van der Waals surface area (Å²) in [6.45, 7) is 0.339. The van der Waals surface area contributed by atoms with Crippen molar-refractivity contribution >= 4 is 27.4 Å². The van der Waals surface area contributed by atoms with Crippen LogP contribution in [0.4, 0.5) is 141 Å². The van der Waals surface area contributed by atoms with Crippen LogP contribution in [0, 0.1) is 0 Å². The molecule has 0 saturated carbocycles. The van der Waals surface area contributed by atoms with Crippen LogP contribution in [0.5, 0.6) is 0 Å². The van der Waals surface area contributed by atoms with Crippen LogP contribution in [0.2, 0.25) is 0 Å². The van der Waals surface area contributed by atoms with E-state index in [0.29, 0.717) is 6.92 Å². The second-order valence-electron chi connectivity index (χ2n) is 7.80. The summed E-state index contributed by atoms with van der Waals surface area (Å²) in [5, 5.41) is 0. The molecule has 0 amide bonds. The standard InChI is InChI=1S/C5H3F9.2C5H3F7.C3H3F3.C2F4.CH4.FH3P2.FH.H3P/c1-2(6,7)3(8,9)4(10,11)5(12,13)14;2*1-2(6)3(7)4(8,9)5(10,11)12;1-2(4)3(5)6;3-1(4)2(5)6;;1-3-2;;/h1H3;2*1H3;1H3;;1H4;3H,2H2;1H;1H3/b;2*3-2+;;;;;;. The number of hydrogen-bond acceptors (Lipinski definition) is 0. The monoisotopic (exact) mass is 976 g/mol. The smallest absolute Gasteiger partial charge is 0.269 e. The Kier molecular flexibility index (Phi) is 38.0. The third kappa shape index (κ3) is 26.8. The van der Waals surface area contributed by atoms with E-state index in [-0.39, 0.29) is 35.9 Å². The minimum Gasteiger partial charge on any atom is -0.269 e. The van der Waals surface area contributed by atoms with Crippen LogP contribution in [-0.4, -0.2) is 48.1 Å². The molecule has 0 radical (unpaired) electrons. The Hall–Kier alpha value is -1.99. The molecule has 0 aliphatic rings. The molecule has 0 bridgehead atoms. The lowest BCUT2D eigenvalue weighted by atomic mass is 10.1. The second-order valence-corrected chi connectivity index (χ2v) is 8.67. The Morgan fingerprint density at radius 1 is 0.411 bits per heavy atom. The van der Waals surface area contributed by atoms with Gasteiger partial charge in [0.2, 0.25) is 11.7 Å². The number of halogens is 32. The lowest BCUT2D eigenvalue weighted by Gasteiger charge is -2.31. The molecule has 0 aliphatic carbocycles. The molecular formula is C21H23F32P3. The quantitative estimate of drug-likeness (QED) is 0.195. The fraction of sp³-hybridized carbons (Fsp3) is 0.619. The molecule has 3 atom stereocenters. The Morgan fingerprint density at radius 3 is 0.625 bits per heavy atom. The van der Waals surface area contributed by atoms with Crippen molar-refractivity contribution in [2.75, 3.05) is 0 Å². The van der Waals surface area contributed by atoms with Crippen molar-refractivity contribution in [2.45, 2.75) is 83.3 Å². The van der Waals surface area contributed by atoms with E-state index < -0.39 is 111 Å². The molecule has 0 N–H and O–H groups in total. The van der Waals surface area contributed by atoms with Gasteiger partial charge in [-0.25, -0.2) is 26.1 Å². The maximum atomic E-state index is 12.0. The molecule has 0 spiro atoms. The highest BCUT2D eigenvalue weighted by molar-refractivity contribution is 8.00. The average molecular weight is 976 g/mol. The molecule has 0 heterocycles. The van der Waals surface area contributed by atoms with Gasteiger partial charge in [-0.1, -0.05) is 16.4 Å². The fourth-order valence-electron chi connectivity index (χ4n) is 1.14. The summed E-state index contributed by atoms with van der Waals surface area (Å²) in [6, 6.07) is 0. The van der Waals surface area contributed by atoms with E-state index in [0.717, 1.165) is 0 Å². The first-order valence-electron chi connectivity index (χ1n) is 10.9. The van der Waals surface area contributed by atoms with Crippen molar-refractivity contribution in [1.82, 2.24) is 0 Å². The summed E-state index contributed by atoms with van der Waals surface area (Å²) in [6.07, 6.45) is -27.0. The summed E-state index contributed by atoms with van der Waals surface area (Å²) < 4.78 is 350. The van der Waals surface area contributed by atoms with Gasteiger partial charge in [-0.2, -0.15) is 120 Å². The van der Waals surface area contributed by atoms with Gasteiger partial charge in [0.1, 0.15) is 11.7 Å². The van der Waals surface area contributed by atoms with Gasteiger partial charge in [-0.15, -0.1) is 0 Å². The van der Waals surface area contributed by atoms with Crippen LogP contribution in [0.15, 0.2) is 47.4 Å².